The molecule has 5 nitrogen and oxygen atoms in total. The summed E-state index contributed by atoms with van der Waals surface area (Å²) in [7, 11) is 0. The minimum absolute atomic E-state index is 0.0509. The van der Waals surface area contributed by atoms with Crippen molar-refractivity contribution in [3.05, 3.63) is 0 Å². The third kappa shape index (κ3) is 11.2. The lowest BCUT2D eigenvalue weighted by atomic mass is 10.2. The monoisotopic (exact) mass is 234 g/mol. The summed E-state index contributed by atoms with van der Waals surface area (Å²) in [5.74, 6) is 0.808. The highest BCUT2D eigenvalue weighted by molar-refractivity contribution is 7.99. The zero-order chi connectivity index (χ0) is 11.5. The van der Waals surface area contributed by atoms with Gasteiger partial charge in [0.2, 0.25) is 5.91 Å². The summed E-state index contributed by atoms with van der Waals surface area (Å²) in [6.07, 6.45) is 0.736. The molecule has 0 aliphatic rings. The van der Waals surface area contributed by atoms with Gasteiger partial charge in [-0.05, 0) is 6.42 Å². The molecule has 6 heteroatoms. The van der Waals surface area contributed by atoms with E-state index in [4.69, 9.17) is 10.8 Å². The molecule has 4 N–H and O–H groups in total. The molecule has 0 aromatic heterocycles. The van der Waals surface area contributed by atoms with Crippen LogP contribution in [0.3, 0.4) is 0 Å². The number of hydrogen-bond donors (Lipinski definition) is 3. The van der Waals surface area contributed by atoms with Gasteiger partial charge >= 0.3 is 5.97 Å². The average molecular weight is 234 g/mol. The van der Waals surface area contributed by atoms with E-state index in [0.717, 1.165) is 11.5 Å². The van der Waals surface area contributed by atoms with Gasteiger partial charge in [-0.25, -0.2) is 0 Å². The molecular weight excluding hydrogens is 216 g/mol. The summed E-state index contributed by atoms with van der Waals surface area (Å²) >= 11 is 1.69. The number of carboxylic acid groups (broad SMARTS) is 1. The van der Waals surface area contributed by atoms with Gasteiger partial charge in [-0.1, -0.05) is 0 Å². The first-order chi connectivity index (χ1) is 7.16. The molecule has 0 aromatic carbocycles. The third-order valence-electron chi connectivity index (χ3n) is 1.63. The Morgan fingerprint density at radius 2 is 2.00 bits per heavy atom. The van der Waals surface area contributed by atoms with Gasteiger partial charge in [-0.15, -0.1) is 0 Å². The van der Waals surface area contributed by atoms with Crippen molar-refractivity contribution in [2.45, 2.75) is 19.3 Å². The Labute approximate surface area is 93.8 Å². The molecule has 88 valence electrons. The van der Waals surface area contributed by atoms with E-state index in [0.29, 0.717) is 19.5 Å². The standard InChI is InChI=1S/C9H18N2O3S/c10-4-6-15-7-5-11-8(12)2-1-3-9(13)14/h1-7,10H2,(H,11,12)(H,13,14). The summed E-state index contributed by atoms with van der Waals surface area (Å²) in [5.41, 5.74) is 5.30. The number of carbonyl (C=O) groups excluding carboxylic acids is 1. The minimum atomic E-state index is -0.860. The molecular formula is C9H18N2O3S. The predicted molar refractivity (Wildman–Crippen MR) is 60.9 cm³/mol. The summed E-state index contributed by atoms with van der Waals surface area (Å²) in [5, 5.41) is 11.1. The largest absolute Gasteiger partial charge is 0.481 e. The fourth-order valence-electron chi connectivity index (χ4n) is 0.937. The summed E-state index contributed by atoms with van der Waals surface area (Å²) in [6.45, 7) is 1.27. The van der Waals surface area contributed by atoms with Crippen molar-refractivity contribution in [2.24, 2.45) is 5.73 Å². The first kappa shape index (κ1) is 14.2. The molecule has 0 atom stereocenters. The molecule has 0 unspecified atom stereocenters. The fraction of sp³-hybridized carbons (Fsp3) is 0.778. The average Bonchev–Trinajstić information content (AvgIpc) is 2.17. The van der Waals surface area contributed by atoms with Crippen molar-refractivity contribution in [3.8, 4) is 0 Å². The molecule has 0 saturated heterocycles. The third-order valence-corrected chi connectivity index (χ3v) is 2.64. The van der Waals surface area contributed by atoms with Gasteiger partial charge in [0.15, 0.2) is 0 Å². The van der Waals surface area contributed by atoms with Gasteiger partial charge in [0.1, 0.15) is 0 Å². The van der Waals surface area contributed by atoms with Crippen LogP contribution in [0, 0.1) is 0 Å². The molecule has 0 heterocycles. The summed E-state index contributed by atoms with van der Waals surface area (Å²) in [6, 6.07) is 0. The number of nitrogens with two attached hydrogens (primary N) is 1. The van der Waals surface area contributed by atoms with Gasteiger partial charge in [0.05, 0.1) is 0 Å². The Morgan fingerprint density at radius 1 is 1.27 bits per heavy atom. The van der Waals surface area contributed by atoms with Crippen LogP contribution in [0.5, 0.6) is 0 Å². The molecule has 0 rings (SSSR count). The lowest BCUT2D eigenvalue weighted by Gasteiger charge is -2.03. The van der Waals surface area contributed by atoms with E-state index in [1.807, 2.05) is 0 Å². The SMILES string of the molecule is NCCSCCNC(=O)CCCC(=O)O. The highest BCUT2D eigenvalue weighted by atomic mass is 32.2. The van der Waals surface area contributed by atoms with Crippen LogP contribution in [0.1, 0.15) is 19.3 Å². The number of aliphatic carboxylic acids is 1. The van der Waals surface area contributed by atoms with Crippen LogP contribution in [-0.2, 0) is 9.59 Å². The maximum atomic E-state index is 11.1. The van der Waals surface area contributed by atoms with Gasteiger partial charge < -0.3 is 16.2 Å². The van der Waals surface area contributed by atoms with E-state index >= 15 is 0 Å². The van der Waals surface area contributed by atoms with E-state index in [1.165, 1.54) is 0 Å². The van der Waals surface area contributed by atoms with Crippen molar-refractivity contribution >= 4 is 23.6 Å². The second kappa shape index (κ2) is 9.79. The molecule has 15 heavy (non-hydrogen) atoms. The smallest absolute Gasteiger partial charge is 0.303 e. The van der Waals surface area contributed by atoms with Crippen molar-refractivity contribution < 1.29 is 14.7 Å². The first-order valence-electron chi connectivity index (χ1n) is 4.93. The van der Waals surface area contributed by atoms with Crippen LogP contribution in [0.2, 0.25) is 0 Å². The Hall–Kier alpha value is -0.750. The second-order valence-electron chi connectivity index (χ2n) is 3.00. The van der Waals surface area contributed by atoms with Crippen molar-refractivity contribution in [1.29, 1.82) is 0 Å². The molecule has 1 amide bonds. The normalized spacial score (nSPS) is 9.93. The summed E-state index contributed by atoms with van der Waals surface area (Å²) in [4.78, 5) is 21.3. The predicted octanol–water partition coefficient (Wildman–Crippen LogP) is 0.0494. The Kier molecular flexibility index (Phi) is 9.30. The van der Waals surface area contributed by atoms with Crippen LogP contribution < -0.4 is 11.1 Å². The second-order valence-corrected chi connectivity index (χ2v) is 4.22. The molecule has 0 bridgehead atoms. The number of carboxylic acids is 1. The summed E-state index contributed by atoms with van der Waals surface area (Å²) < 4.78 is 0. The van der Waals surface area contributed by atoms with E-state index in [9.17, 15) is 9.59 Å². The molecule has 0 saturated carbocycles. The van der Waals surface area contributed by atoms with Crippen LogP contribution in [0.25, 0.3) is 0 Å². The lowest BCUT2D eigenvalue weighted by Crippen LogP contribution is -2.25. The van der Waals surface area contributed by atoms with Crippen molar-refractivity contribution in [3.63, 3.8) is 0 Å². The molecule has 0 radical (unpaired) electrons. The van der Waals surface area contributed by atoms with Crippen LogP contribution >= 0.6 is 11.8 Å². The van der Waals surface area contributed by atoms with Gasteiger partial charge in [-0.2, -0.15) is 11.8 Å². The quantitative estimate of drug-likeness (QED) is 0.490. The number of amides is 1. The van der Waals surface area contributed by atoms with Gasteiger partial charge in [0, 0.05) is 37.4 Å². The fourth-order valence-corrected chi connectivity index (χ4v) is 1.55. The lowest BCUT2D eigenvalue weighted by molar-refractivity contribution is -0.137. The van der Waals surface area contributed by atoms with Crippen molar-refractivity contribution in [1.82, 2.24) is 5.32 Å². The van der Waals surface area contributed by atoms with Crippen LogP contribution in [0.4, 0.5) is 0 Å². The topological polar surface area (TPSA) is 92.4 Å². The van der Waals surface area contributed by atoms with Gasteiger partial charge in [-0.3, -0.25) is 9.59 Å². The van der Waals surface area contributed by atoms with E-state index < -0.39 is 5.97 Å². The maximum Gasteiger partial charge on any atom is 0.303 e. The van der Waals surface area contributed by atoms with E-state index in [-0.39, 0.29) is 18.7 Å². The Bertz CT molecular complexity index is 200. The minimum Gasteiger partial charge on any atom is -0.481 e. The molecule has 0 aromatic rings. The molecule has 0 aliphatic carbocycles. The van der Waals surface area contributed by atoms with Crippen molar-refractivity contribution in [2.75, 3.05) is 24.6 Å². The van der Waals surface area contributed by atoms with E-state index in [1.54, 1.807) is 11.8 Å². The maximum absolute atomic E-state index is 11.1. The Morgan fingerprint density at radius 3 is 2.60 bits per heavy atom. The molecule has 0 spiro atoms. The van der Waals surface area contributed by atoms with Gasteiger partial charge in [0.25, 0.3) is 0 Å². The van der Waals surface area contributed by atoms with Crippen LogP contribution in [-0.4, -0.2) is 41.6 Å². The zero-order valence-electron chi connectivity index (χ0n) is 8.70. The highest BCUT2D eigenvalue weighted by Crippen LogP contribution is 1.97. The number of nitrogens with one attached hydrogen (secondary N) is 1. The Balaban J connectivity index is 3.22. The number of thioether (sulfide) groups is 1. The highest BCUT2D eigenvalue weighted by Gasteiger charge is 2.02. The number of carbonyl (C=O) groups is 2. The zero-order valence-corrected chi connectivity index (χ0v) is 9.52. The first-order valence-corrected chi connectivity index (χ1v) is 6.08. The number of rotatable bonds is 9. The molecule has 0 fully saturated rings. The number of hydrogen-bond acceptors (Lipinski definition) is 4. The molecule has 0 aliphatic heterocycles. The van der Waals surface area contributed by atoms with Crippen LogP contribution in [0.15, 0.2) is 0 Å². The van der Waals surface area contributed by atoms with E-state index in [2.05, 4.69) is 5.32 Å².